The Labute approximate surface area is 250 Å². The molecule has 43 heavy (non-hydrogen) atoms. The summed E-state index contributed by atoms with van der Waals surface area (Å²) in [4.78, 5) is 53.9. The number of amides is 5. The largest absolute Gasteiger partial charge is 0.444 e. The number of aryl methyl sites for hydroxylation is 2. The summed E-state index contributed by atoms with van der Waals surface area (Å²) in [7, 11) is 3.30. The van der Waals surface area contributed by atoms with E-state index in [4.69, 9.17) is 4.74 Å². The zero-order chi connectivity index (χ0) is 31.1. The number of carbonyl (C=O) groups excluding carboxylic acids is 4. The number of nitrogens with zero attached hydrogens (tertiary/aromatic N) is 4. The third-order valence-corrected chi connectivity index (χ3v) is 7.14. The normalized spacial score (nSPS) is 17.3. The highest BCUT2D eigenvalue weighted by molar-refractivity contribution is 5.92. The highest BCUT2D eigenvalue weighted by atomic mass is 16.6. The highest BCUT2D eigenvalue weighted by Gasteiger charge is 2.42. The molecule has 1 fully saturated rings. The van der Waals surface area contributed by atoms with Crippen LogP contribution < -0.4 is 21.3 Å². The number of urea groups is 1. The third-order valence-electron chi connectivity index (χ3n) is 7.14. The maximum atomic E-state index is 14.0. The number of nitrogens with one attached hydrogen (secondary N) is 4. The summed E-state index contributed by atoms with van der Waals surface area (Å²) in [6, 6.07) is 12.5. The topological polar surface area (TPSA) is 160 Å². The first kappa shape index (κ1) is 31.3. The number of rotatable bonds is 9. The van der Waals surface area contributed by atoms with Gasteiger partial charge in [0.15, 0.2) is 0 Å². The molecule has 2 heterocycles. The molecule has 0 aliphatic carbocycles. The number of fused-ring (bicyclic) bond motifs is 1. The second-order valence-corrected chi connectivity index (χ2v) is 11.6. The van der Waals surface area contributed by atoms with Crippen LogP contribution in [0.2, 0.25) is 0 Å². The summed E-state index contributed by atoms with van der Waals surface area (Å²) in [5.74, 6) is -0.794. The van der Waals surface area contributed by atoms with E-state index in [2.05, 4.69) is 31.6 Å². The van der Waals surface area contributed by atoms with Crippen LogP contribution in [0.4, 0.5) is 9.59 Å². The van der Waals surface area contributed by atoms with Crippen molar-refractivity contribution in [2.75, 3.05) is 13.6 Å². The maximum absolute atomic E-state index is 14.0. The highest BCUT2D eigenvalue weighted by Crippen LogP contribution is 2.22. The molecule has 3 atom stereocenters. The Morgan fingerprint density at radius 3 is 2.51 bits per heavy atom. The molecular weight excluding hydrogens is 552 g/mol. The van der Waals surface area contributed by atoms with E-state index in [1.54, 1.807) is 32.5 Å². The summed E-state index contributed by atoms with van der Waals surface area (Å²) in [5, 5.41) is 19.1. The van der Waals surface area contributed by atoms with Gasteiger partial charge in [0.1, 0.15) is 23.2 Å². The Morgan fingerprint density at radius 2 is 1.81 bits per heavy atom. The average molecular weight is 593 g/mol. The molecule has 1 aliphatic heterocycles. The minimum absolute atomic E-state index is 0.105. The fourth-order valence-electron chi connectivity index (χ4n) is 5.06. The SMILES string of the molecule is CNC(=O)N[C@H]1C[C@@H](C(=O)NCc2ccc3c(c2)nnn3C)N(C(=O)[C@@H](CCc2ccccc2)NC(=O)OC(C)(C)C)C1. The number of carbonyl (C=O) groups is 4. The van der Waals surface area contributed by atoms with Crippen molar-refractivity contribution in [2.45, 2.75) is 70.3 Å². The number of ether oxygens (including phenoxy) is 1. The van der Waals surface area contributed by atoms with Crippen molar-refractivity contribution in [1.29, 1.82) is 0 Å². The van der Waals surface area contributed by atoms with E-state index < -0.39 is 41.8 Å². The lowest BCUT2D eigenvalue weighted by Crippen LogP contribution is -2.54. The molecule has 1 aromatic heterocycles. The standard InChI is InChI=1S/C30H40N8O5/c1-30(2,3)43-29(42)34-22(13-11-19-9-7-6-8-10-19)27(40)38-18-21(33-28(41)31-4)16-25(38)26(39)32-17-20-12-14-24-23(15-20)35-36-37(24)5/h6-10,12,14-15,21-22,25H,11,13,16-18H2,1-5H3,(H,32,39)(H,34,42)(H2,31,33,41)/t21-,22+,25-/m0/s1. The van der Waals surface area contributed by atoms with Crippen molar-refractivity contribution in [1.82, 2.24) is 41.2 Å². The van der Waals surface area contributed by atoms with Crippen LogP contribution in [0.25, 0.3) is 11.0 Å². The number of hydrogen-bond acceptors (Lipinski definition) is 7. The summed E-state index contributed by atoms with van der Waals surface area (Å²) < 4.78 is 7.10. The van der Waals surface area contributed by atoms with Crippen molar-refractivity contribution in [3.8, 4) is 0 Å². The Bertz CT molecular complexity index is 1450. The third kappa shape index (κ3) is 8.43. The number of hydrogen-bond donors (Lipinski definition) is 4. The van der Waals surface area contributed by atoms with Crippen molar-refractivity contribution in [3.63, 3.8) is 0 Å². The summed E-state index contributed by atoms with van der Waals surface area (Å²) in [6.45, 7) is 5.54. The first-order valence-corrected chi connectivity index (χ1v) is 14.3. The van der Waals surface area contributed by atoms with Gasteiger partial charge in [-0.15, -0.1) is 5.10 Å². The molecule has 0 spiro atoms. The van der Waals surface area contributed by atoms with Gasteiger partial charge in [-0.25, -0.2) is 14.3 Å². The van der Waals surface area contributed by atoms with E-state index in [1.807, 2.05) is 48.5 Å². The molecule has 3 aromatic rings. The Balaban J connectivity index is 1.52. The summed E-state index contributed by atoms with van der Waals surface area (Å²) in [6.07, 6.45) is 0.297. The van der Waals surface area contributed by atoms with Gasteiger partial charge in [0.2, 0.25) is 11.8 Å². The molecule has 0 radical (unpaired) electrons. The molecule has 0 saturated carbocycles. The molecule has 4 N–H and O–H groups in total. The fraction of sp³-hybridized carbons (Fsp3) is 0.467. The molecule has 4 rings (SSSR count). The monoisotopic (exact) mass is 592 g/mol. The van der Waals surface area contributed by atoms with E-state index in [9.17, 15) is 19.2 Å². The van der Waals surface area contributed by atoms with Gasteiger partial charge in [-0.1, -0.05) is 41.6 Å². The lowest BCUT2D eigenvalue weighted by atomic mass is 10.0. The molecule has 2 aromatic carbocycles. The average Bonchev–Trinajstić information content (AvgIpc) is 3.56. The predicted octanol–water partition coefficient (Wildman–Crippen LogP) is 2.01. The van der Waals surface area contributed by atoms with Gasteiger partial charge in [0.25, 0.3) is 0 Å². The lowest BCUT2D eigenvalue weighted by molar-refractivity contribution is -0.140. The quantitative estimate of drug-likeness (QED) is 0.296. The molecule has 0 unspecified atom stereocenters. The second kappa shape index (κ2) is 13.5. The van der Waals surface area contributed by atoms with Gasteiger partial charge in [-0.05, 0) is 63.3 Å². The zero-order valence-electron chi connectivity index (χ0n) is 25.2. The molecule has 1 saturated heterocycles. The second-order valence-electron chi connectivity index (χ2n) is 11.6. The van der Waals surface area contributed by atoms with Crippen molar-refractivity contribution >= 4 is 35.0 Å². The summed E-state index contributed by atoms with van der Waals surface area (Å²) in [5.41, 5.74) is 2.64. The van der Waals surface area contributed by atoms with Gasteiger partial charge in [0.05, 0.1) is 11.6 Å². The van der Waals surface area contributed by atoms with Crippen LogP contribution in [-0.4, -0.2) is 81.2 Å². The molecule has 13 heteroatoms. The van der Waals surface area contributed by atoms with Gasteiger partial charge in [0, 0.05) is 27.2 Å². The van der Waals surface area contributed by atoms with Crippen LogP contribution in [0.1, 0.15) is 44.7 Å². The minimum atomic E-state index is -0.955. The van der Waals surface area contributed by atoms with E-state index in [0.29, 0.717) is 18.4 Å². The smallest absolute Gasteiger partial charge is 0.408 e. The lowest BCUT2D eigenvalue weighted by Gasteiger charge is -2.29. The van der Waals surface area contributed by atoms with Crippen LogP contribution in [0, 0.1) is 0 Å². The van der Waals surface area contributed by atoms with Crippen LogP contribution in [0.3, 0.4) is 0 Å². The van der Waals surface area contributed by atoms with Gasteiger partial charge < -0.3 is 30.9 Å². The fourth-order valence-corrected chi connectivity index (χ4v) is 5.06. The first-order chi connectivity index (χ1) is 20.4. The molecular formula is C30H40N8O5. The van der Waals surface area contributed by atoms with Crippen molar-refractivity contribution in [3.05, 3.63) is 59.7 Å². The van der Waals surface area contributed by atoms with Crippen molar-refractivity contribution < 1.29 is 23.9 Å². The van der Waals surface area contributed by atoms with Crippen molar-refractivity contribution in [2.24, 2.45) is 7.05 Å². The van der Waals surface area contributed by atoms with Gasteiger partial charge in [-0.2, -0.15) is 0 Å². The van der Waals surface area contributed by atoms with Gasteiger partial charge in [-0.3, -0.25) is 9.59 Å². The first-order valence-electron chi connectivity index (χ1n) is 14.3. The summed E-state index contributed by atoms with van der Waals surface area (Å²) >= 11 is 0. The Hall–Kier alpha value is -4.68. The molecule has 13 nitrogen and oxygen atoms in total. The van der Waals surface area contributed by atoms with E-state index in [1.165, 1.54) is 11.9 Å². The van der Waals surface area contributed by atoms with Crippen LogP contribution in [-0.2, 0) is 34.3 Å². The van der Waals surface area contributed by atoms with E-state index >= 15 is 0 Å². The molecule has 0 bridgehead atoms. The number of aromatic nitrogens is 3. The molecule has 230 valence electrons. The molecule has 5 amide bonds. The number of alkyl carbamates (subject to hydrolysis) is 1. The van der Waals surface area contributed by atoms with Crippen LogP contribution in [0.15, 0.2) is 48.5 Å². The minimum Gasteiger partial charge on any atom is -0.444 e. The predicted molar refractivity (Wildman–Crippen MR) is 160 cm³/mol. The number of benzene rings is 2. The Kier molecular flexibility index (Phi) is 9.84. The molecule has 1 aliphatic rings. The number of likely N-dealkylation sites (tertiary alicyclic amines) is 1. The zero-order valence-corrected chi connectivity index (χ0v) is 25.2. The van der Waals surface area contributed by atoms with Gasteiger partial charge >= 0.3 is 12.1 Å². The van der Waals surface area contributed by atoms with E-state index in [-0.39, 0.29) is 25.4 Å². The Morgan fingerprint density at radius 1 is 1.07 bits per heavy atom. The van der Waals surface area contributed by atoms with E-state index in [0.717, 1.165) is 16.6 Å². The van der Waals surface area contributed by atoms with Crippen LogP contribution in [0.5, 0.6) is 0 Å². The maximum Gasteiger partial charge on any atom is 0.408 e. The van der Waals surface area contributed by atoms with Crippen LogP contribution >= 0.6 is 0 Å².